The lowest BCUT2D eigenvalue weighted by Crippen LogP contribution is -2.43. The van der Waals surface area contributed by atoms with Crippen molar-refractivity contribution in [2.24, 2.45) is 0 Å². The summed E-state index contributed by atoms with van der Waals surface area (Å²) in [6.07, 6.45) is -0.311. The van der Waals surface area contributed by atoms with Gasteiger partial charge in [-0.15, -0.1) is 0 Å². The molecule has 0 aromatic heterocycles. The number of hydrogen-bond acceptors (Lipinski definition) is 3. The summed E-state index contributed by atoms with van der Waals surface area (Å²) in [6, 6.07) is 28.3. The Morgan fingerprint density at radius 1 is 0.875 bits per heavy atom. The number of fused-ring (bicyclic) bond motifs is 2. The molecule has 1 unspecified atom stereocenters. The highest BCUT2D eigenvalue weighted by Gasteiger charge is 2.34. The smallest absolute Gasteiger partial charge is 0.262 e. The van der Waals surface area contributed by atoms with Crippen LogP contribution in [-0.2, 0) is 0 Å². The van der Waals surface area contributed by atoms with Gasteiger partial charge in [0.25, 0.3) is 5.91 Å². The van der Waals surface area contributed by atoms with E-state index >= 15 is 0 Å². The Balaban J connectivity index is 1.62. The molecule has 1 N–H and O–H groups in total. The number of benzene rings is 4. The van der Waals surface area contributed by atoms with Crippen molar-refractivity contribution in [3.8, 4) is 5.75 Å². The number of carbonyl (C=O) groups is 1. The Hall–Kier alpha value is -3.79. The van der Waals surface area contributed by atoms with Crippen molar-refractivity contribution in [1.82, 2.24) is 0 Å². The van der Waals surface area contributed by atoms with Crippen LogP contribution in [0, 0.1) is 0 Å². The number of amides is 1. The van der Waals surface area contributed by atoms with E-state index in [1.165, 1.54) is 5.56 Å². The summed E-state index contributed by atoms with van der Waals surface area (Å²) in [5, 5.41) is 5.80. The number of nitrogens with one attached hydrogen (secondary N) is 1. The molecule has 1 aliphatic rings. The van der Waals surface area contributed by atoms with E-state index in [-0.39, 0.29) is 12.1 Å². The van der Waals surface area contributed by atoms with Gasteiger partial charge in [0.05, 0.1) is 12.7 Å². The molecule has 4 aromatic rings. The van der Waals surface area contributed by atoms with Crippen LogP contribution in [0.15, 0.2) is 84.9 Å². The van der Waals surface area contributed by atoms with E-state index in [1.807, 2.05) is 53.4 Å². The number of nitrogens with zero attached hydrogens (tertiary/aromatic N) is 1. The lowest BCUT2D eigenvalue weighted by molar-refractivity contribution is 0.0975. The first kappa shape index (κ1) is 20.1. The Morgan fingerprint density at radius 3 is 2.34 bits per heavy atom. The third kappa shape index (κ3) is 3.48. The standard InChI is InChI=1S/C28H26N2O2/c1-18(2)19-10-13-23(14-11-19)30-27(29-26-7-5-4-6-25(26)28(30)31)22-9-8-21-17-24(32-3)15-12-20(21)16-22/h4-18,27,29H,1-3H3. The first-order chi connectivity index (χ1) is 15.5. The Morgan fingerprint density at radius 2 is 1.59 bits per heavy atom. The fourth-order valence-electron chi connectivity index (χ4n) is 4.31. The molecule has 4 heteroatoms. The zero-order valence-corrected chi connectivity index (χ0v) is 18.5. The maximum absolute atomic E-state index is 13.6. The number of ether oxygens (including phenoxy) is 1. The van der Waals surface area contributed by atoms with Crippen molar-refractivity contribution in [3.05, 3.63) is 102 Å². The third-order valence-electron chi connectivity index (χ3n) is 6.15. The third-order valence-corrected chi connectivity index (χ3v) is 6.15. The van der Waals surface area contributed by atoms with Gasteiger partial charge in [0.2, 0.25) is 0 Å². The SMILES string of the molecule is COc1ccc2cc(C3Nc4ccccc4C(=O)N3c3ccc(C(C)C)cc3)ccc2c1. The van der Waals surface area contributed by atoms with Gasteiger partial charge in [0, 0.05) is 11.4 Å². The van der Waals surface area contributed by atoms with Gasteiger partial charge in [0.15, 0.2) is 0 Å². The minimum atomic E-state index is -0.311. The van der Waals surface area contributed by atoms with Crippen LogP contribution in [-0.4, -0.2) is 13.0 Å². The zero-order valence-electron chi connectivity index (χ0n) is 18.5. The van der Waals surface area contributed by atoms with Crippen molar-refractivity contribution in [2.75, 3.05) is 17.3 Å². The average molecular weight is 423 g/mol. The zero-order chi connectivity index (χ0) is 22.2. The first-order valence-electron chi connectivity index (χ1n) is 10.9. The van der Waals surface area contributed by atoms with E-state index in [9.17, 15) is 4.79 Å². The molecule has 0 fully saturated rings. The van der Waals surface area contributed by atoms with Gasteiger partial charge in [-0.2, -0.15) is 0 Å². The molecule has 0 spiro atoms. The molecule has 0 saturated heterocycles. The van der Waals surface area contributed by atoms with Gasteiger partial charge in [-0.05, 0) is 70.3 Å². The molecule has 5 rings (SSSR count). The molecular weight excluding hydrogens is 396 g/mol. The molecule has 4 nitrogen and oxygen atoms in total. The molecule has 160 valence electrons. The van der Waals surface area contributed by atoms with Crippen molar-refractivity contribution in [1.29, 1.82) is 0 Å². The summed E-state index contributed by atoms with van der Waals surface area (Å²) in [4.78, 5) is 15.5. The molecule has 1 heterocycles. The van der Waals surface area contributed by atoms with E-state index in [0.717, 1.165) is 33.5 Å². The highest BCUT2D eigenvalue weighted by Crippen LogP contribution is 2.38. The lowest BCUT2D eigenvalue weighted by Gasteiger charge is -2.38. The molecular formula is C28H26N2O2. The molecule has 0 aliphatic carbocycles. The minimum Gasteiger partial charge on any atom is -0.497 e. The quantitative estimate of drug-likeness (QED) is 0.396. The molecule has 0 bridgehead atoms. The largest absolute Gasteiger partial charge is 0.497 e. The molecule has 32 heavy (non-hydrogen) atoms. The number of carbonyl (C=O) groups excluding carboxylic acids is 1. The van der Waals surface area contributed by atoms with Crippen LogP contribution in [0.4, 0.5) is 11.4 Å². The Kier molecular flexibility index (Phi) is 5.06. The van der Waals surface area contributed by atoms with Crippen LogP contribution in [0.25, 0.3) is 10.8 Å². The maximum Gasteiger partial charge on any atom is 0.262 e. The van der Waals surface area contributed by atoms with E-state index in [1.54, 1.807) is 7.11 Å². The summed E-state index contributed by atoms with van der Waals surface area (Å²) in [5.41, 5.74) is 4.69. The molecule has 4 aromatic carbocycles. The summed E-state index contributed by atoms with van der Waals surface area (Å²) in [5.74, 6) is 1.27. The maximum atomic E-state index is 13.6. The number of hydrogen-bond donors (Lipinski definition) is 1. The van der Waals surface area contributed by atoms with Gasteiger partial charge >= 0.3 is 0 Å². The van der Waals surface area contributed by atoms with Crippen molar-refractivity contribution in [2.45, 2.75) is 25.9 Å². The fourth-order valence-corrected chi connectivity index (χ4v) is 4.31. The van der Waals surface area contributed by atoms with E-state index in [4.69, 9.17) is 4.74 Å². The predicted molar refractivity (Wildman–Crippen MR) is 131 cm³/mol. The lowest BCUT2D eigenvalue weighted by atomic mass is 9.99. The van der Waals surface area contributed by atoms with Crippen LogP contribution in [0.5, 0.6) is 5.75 Å². The fraction of sp³-hybridized carbons (Fsp3) is 0.179. The van der Waals surface area contributed by atoms with Crippen LogP contribution in [0.2, 0.25) is 0 Å². The van der Waals surface area contributed by atoms with Crippen molar-refractivity contribution < 1.29 is 9.53 Å². The van der Waals surface area contributed by atoms with Crippen LogP contribution in [0.1, 0.15) is 47.4 Å². The first-order valence-corrected chi connectivity index (χ1v) is 10.9. The summed E-state index contributed by atoms with van der Waals surface area (Å²) < 4.78 is 5.36. The van der Waals surface area contributed by atoms with E-state index in [0.29, 0.717) is 11.5 Å². The number of rotatable bonds is 4. The number of anilines is 2. The summed E-state index contributed by atoms with van der Waals surface area (Å²) >= 11 is 0. The average Bonchev–Trinajstić information content (AvgIpc) is 2.83. The normalized spacial score (nSPS) is 15.6. The van der Waals surface area contributed by atoms with E-state index < -0.39 is 0 Å². The number of methoxy groups -OCH3 is 1. The summed E-state index contributed by atoms with van der Waals surface area (Å²) in [7, 11) is 1.67. The highest BCUT2D eigenvalue weighted by atomic mass is 16.5. The Labute approximate surface area is 188 Å². The van der Waals surface area contributed by atoms with Gasteiger partial charge in [0.1, 0.15) is 11.9 Å². The van der Waals surface area contributed by atoms with Gasteiger partial charge < -0.3 is 10.1 Å². The molecule has 0 saturated carbocycles. The number of para-hydroxylation sites is 1. The monoisotopic (exact) mass is 422 g/mol. The Bertz CT molecular complexity index is 1290. The van der Waals surface area contributed by atoms with Gasteiger partial charge in [-0.1, -0.05) is 56.3 Å². The van der Waals surface area contributed by atoms with E-state index in [2.05, 4.69) is 55.6 Å². The van der Waals surface area contributed by atoms with Crippen LogP contribution >= 0.6 is 0 Å². The van der Waals surface area contributed by atoms with Crippen molar-refractivity contribution in [3.63, 3.8) is 0 Å². The topological polar surface area (TPSA) is 41.6 Å². The predicted octanol–water partition coefficient (Wildman–Crippen LogP) is 6.74. The minimum absolute atomic E-state index is 0.00326. The van der Waals surface area contributed by atoms with Crippen LogP contribution < -0.4 is 15.0 Å². The highest BCUT2D eigenvalue weighted by molar-refractivity contribution is 6.12. The van der Waals surface area contributed by atoms with Gasteiger partial charge in [-0.25, -0.2) is 0 Å². The van der Waals surface area contributed by atoms with Gasteiger partial charge in [-0.3, -0.25) is 9.69 Å². The second-order valence-corrected chi connectivity index (χ2v) is 8.49. The molecule has 1 amide bonds. The molecule has 0 radical (unpaired) electrons. The second-order valence-electron chi connectivity index (χ2n) is 8.49. The molecule has 1 atom stereocenters. The summed E-state index contributed by atoms with van der Waals surface area (Å²) in [6.45, 7) is 4.34. The van der Waals surface area contributed by atoms with Crippen molar-refractivity contribution >= 4 is 28.1 Å². The van der Waals surface area contributed by atoms with Crippen LogP contribution in [0.3, 0.4) is 0 Å². The molecule has 1 aliphatic heterocycles. The second kappa shape index (κ2) is 8.04.